The normalized spacial score (nSPS) is 34.7. The molecule has 0 unspecified atom stereocenters. The maximum atomic E-state index is 7.01. The van der Waals surface area contributed by atoms with E-state index in [4.69, 9.17) is 12.3 Å². The maximum absolute atomic E-state index is 7.01. The van der Waals surface area contributed by atoms with Crippen molar-refractivity contribution in [3.63, 3.8) is 0 Å². The van der Waals surface area contributed by atoms with Crippen molar-refractivity contribution in [1.82, 2.24) is 10.2 Å². The number of hydrogen-bond acceptors (Lipinski definition) is 2. The van der Waals surface area contributed by atoms with E-state index in [0.717, 1.165) is 0 Å². The molecule has 0 aromatic rings. The summed E-state index contributed by atoms with van der Waals surface area (Å²) in [6.45, 7) is -8.60. The van der Waals surface area contributed by atoms with Crippen molar-refractivity contribution in [2.75, 3.05) is 34.0 Å². The number of rotatable bonds is 3. The average Bonchev–Trinajstić information content (AvgIpc) is 1.90. The third-order valence-electron chi connectivity index (χ3n) is 0.460. The van der Waals surface area contributed by atoms with Gasteiger partial charge in [0, 0.05) is 25.4 Å². The Hall–Kier alpha value is -0.0800. The first-order chi connectivity index (χ1) is 6.84. The van der Waals surface area contributed by atoms with Gasteiger partial charge in [-0.2, -0.15) is 0 Å². The number of hydrogen-bond donors (Lipinski definition) is 1. The molecule has 0 heterocycles. The monoisotopic (exact) mass is 111 g/mol. The third-order valence-corrected chi connectivity index (χ3v) is 0.460. The zero-order valence-electron chi connectivity index (χ0n) is 12.9. The molecule has 0 aliphatic carbocycles. The fraction of sp³-hybridized carbons (Fsp3) is 1.00. The SMILES string of the molecule is [2H]C([2H])([2H])NCCN(C([2H])([2H])[2H])C([2H])([2H])[2H]. The fourth-order valence-corrected chi connectivity index (χ4v) is 0.168. The Balaban J connectivity index is 4.38. The van der Waals surface area contributed by atoms with Crippen LogP contribution in [0.5, 0.6) is 0 Å². The molecule has 0 radical (unpaired) electrons. The average molecular weight is 111 g/mol. The topological polar surface area (TPSA) is 15.3 Å². The molecule has 0 saturated carbocycles. The summed E-state index contributed by atoms with van der Waals surface area (Å²) in [6.07, 6.45) is 0. The fourth-order valence-electron chi connectivity index (χ4n) is 0.168. The van der Waals surface area contributed by atoms with E-state index in [-0.39, 0.29) is 6.54 Å². The van der Waals surface area contributed by atoms with Gasteiger partial charge in [0.2, 0.25) is 0 Å². The summed E-state index contributed by atoms with van der Waals surface area (Å²) in [7, 11) is 0. The zero-order valence-corrected chi connectivity index (χ0v) is 3.86. The summed E-state index contributed by atoms with van der Waals surface area (Å²) in [6, 6.07) is 0. The number of likely N-dealkylation sites (N-methyl/N-ethyl adjacent to an activating group) is 2. The lowest BCUT2D eigenvalue weighted by atomic mass is 10.6. The summed E-state index contributed by atoms with van der Waals surface area (Å²) in [5.74, 6) is 0. The van der Waals surface area contributed by atoms with Gasteiger partial charge in [0.05, 0.1) is 0 Å². The Kier molecular flexibility index (Phi) is 0.636. The molecule has 0 atom stereocenters. The van der Waals surface area contributed by atoms with E-state index in [1.165, 1.54) is 0 Å². The van der Waals surface area contributed by atoms with Gasteiger partial charge in [0.1, 0.15) is 0 Å². The Bertz CT molecular complexity index is 199. The molecule has 0 aliphatic heterocycles. The van der Waals surface area contributed by atoms with Crippen molar-refractivity contribution in [1.29, 1.82) is 0 Å². The van der Waals surface area contributed by atoms with Crippen molar-refractivity contribution in [3.05, 3.63) is 0 Å². The molecule has 0 saturated heterocycles. The van der Waals surface area contributed by atoms with E-state index in [1.807, 2.05) is 0 Å². The minimum absolute atomic E-state index is 0.243. The molecule has 7 heavy (non-hydrogen) atoms. The molecule has 0 fully saturated rings. The first-order valence-electron chi connectivity index (χ1n) is 6.37. The molecule has 1 N–H and O–H groups in total. The lowest BCUT2D eigenvalue weighted by Crippen LogP contribution is -2.23. The van der Waals surface area contributed by atoms with Crippen LogP contribution in [0.25, 0.3) is 0 Å². The van der Waals surface area contributed by atoms with Gasteiger partial charge < -0.3 is 10.2 Å². The minimum Gasteiger partial charge on any atom is -0.318 e. The molecule has 0 aliphatic rings. The molecule has 0 rings (SSSR count). The van der Waals surface area contributed by atoms with E-state index in [1.54, 1.807) is 0 Å². The molecule has 2 heteroatoms. The van der Waals surface area contributed by atoms with E-state index < -0.39 is 27.5 Å². The summed E-state index contributed by atoms with van der Waals surface area (Å²) in [5, 5.41) is 2.05. The van der Waals surface area contributed by atoms with Crippen molar-refractivity contribution in [3.8, 4) is 0 Å². The maximum Gasteiger partial charge on any atom is 0.0394 e. The van der Waals surface area contributed by atoms with E-state index in [9.17, 15) is 0 Å². The van der Waals surface area contributed by atoms with Crippen LogP contribution in [-0.4, -0.2) is 38.9 Å². The molecular formula is C5H14N2. The Morgan fingerprint density at radius 3 is 3.14 bits per heavy atom. The van der Waals surface area contributed by atoms with E-state index in [2.05, 4.69) is 5.32 Å². The molecule has 2 nitrogen and oxygen atoms in total. The summed E-state index contributed by atoms with van der Waals surface area (Å²) < 4.78 is 62.5. The first kappa shape index (κ1) is 1.09. The first-order valence-corrected chi connectivity index (χ1v) is 1.87. The van der Waals surface area contributed by atoms with Gasteiger partial charge in [-0.05, 0) is 20.9 Å². The van der Waals surface area contributed by atoms with Crippen LogP contribution in [0.1, 0.15) is 12.3 Å². The van der Waals surface area contributed by atoms with Crippen LogP contribution in [0.15, 0.2) is 0 Å². The smallest absolute Gasteiger partial charge is 0.0394 e. The second kappa shape index (κ2) is 4.09. The summed E-state index contributed by atoms with van der Waals surface area (Å²) >= 11 is 0. The van der Waals surface area contributed by atoms with Crippen LogP contribution in [-0.2, 0) is 0 Å². The summed E-state index contributed by atoms with van der Waals surface area (Å²) in [5.41, 5.74) is 0. The second-order valence-electron chi connectivity index (χ2n) is 1.08. The minimum atomic E-state index is -2.78. The van der Waals surface area contributed by atoms with Crippen LogP contribution in [0.4, 0.5) is 0 Å². The van der Waals surface area contributed by atoms with Crippen LogP contribution < -0.4 is 5.32 Å². The van der Waals surface area contributed by atoms with Crippen LogP contribution in [0, 0.1) is 0 Å². The van der Waals surface area contributed by atoms with Gasteiger partial charge >= 0.3 is 0 Å². The van der Waals surface area contributed by atoms with Gasteiger partial charge in [-0.15, -0.1) is 0 Å². The van der Waals surface area contributed by atoms with Crippen LogP contribution in [0.2, 0.25) is 0 Å². The molecular weight excluding hydrogens is 88.1 g/mol. The van der Waals surface area contributed by atoms with Crippen molar-refractivity contribution < 1.29 is 12.3 Å². The van der Waals surface area contributed by atoms with Crippen molar-refractivity contribution >= 4 is 0 Å². The van der Waals surface area contributed by atoms with Gasteiger partial charge in [-0.1, -0.05) is 0 Å². The highest BCUT2D eigenvalue weighted by molar-refractivity contribution is 4.42. The number of nitrogens with one attached hydrogen (secondary N) is 1. The van der Waals surface area contributed by atoms with Gasteiger partial charge in [-0.3, -0.25) is 0 Å². The van der Waals surface area contributed by atoms with Gasteiger partial charge in [0.15, 0.2) is 0 Å². The second-order valence-corrected chi connectivity index (χ2v) is 1.08. The predicted octanol–water partition coefficient (Wildman–Crippen LogP) is -0.233. The molecule has 0 aromatic carbocycles. The highest BCUT2D eigenvalue weighted by Gasteiger charge is 1.82. The van der Waals surface area contributed by atoms with Gasteiger partial charge in [-0.25, -0.2) is 0 Å². The summed E-state index contributed by atoms with van der Waals surface area (Å²) in [4.78, 5) is 0.304. The number of nitrogens with zero attached hydrogens (tertiary/aromatic N) is 1. The molecule has 0 amide bonds. The lowest BCUT2D eigenvalue weighted by molar-refractivity contribution is 0.407. The largest absolute Gasteiger partial charge is 0.318 e. The molecule has 0 aromatic heterocycles. The van der Waals surface area contributed by atoms with Crippen molar-refractivity contribution in [2.45, 2.75) is 0 Å². The quantitative estimate of drug-likeness (QED) is 0.541. The highest BCUT2D eigenvalue weighted by Crippen LogP contribution is 1.66. The molecule has 0 spiro atoms. The van der Waals surface area contributed by atoms with E-state index >= 15 is 0 Å². The van der Waals surface area contributed by atoms with Crippen LogP contribution in [0.3, 0.4) is 0 Å². The Morgan fingerprint density at radius 2 is 2.57 bits per heavy atom. The van der Waals surface area contributed by atoms with Crippen molar-refractivity contribution in [2.24, 2.45) is 0 Å². The Labute approximate surface area is 58.2 Å². The highest BCUT2D eigenvalue weighted by atomic mass is 15.1. The third kappa shape index (κ3) is 5.92. The Morgan fingerprint density at radius 1 is 1.71 bits per heavy atom. The zero-order chi connectivity index (χ0) is 13.2. The lowest BCUT2D eigenvalue weighted by Gasteiger charge is -2.06. The van der Waals surface area contributed by atoms with Crippen LogP contribution >= 0.6 is 0 Å². The van der Waals surface area contributed by atoms with Gasteiger partial charge in [0.25, 0.3) is 0 Å². The standard InChI is InChI=1S/C5H14N2/c1-6-4-5-7(2)3/h6H,4-5H2,1-3H3/i1D3,2D3,3D3. The van der Waals surface area contributed by atoms with E-state index in [0.29, 0.717) is 4.90 Å². The molecule has 0 bridgehead atoms. The molecule has 44 valence electrons. The predicted molar refractivity (Wildman–Crippen MR) is 32.5 cm³/mol.